The van der Waals surface area contributed by atoms with Gasteiger partial charge in [0.05, 0.1) is 17.4 Å². The number of aromatic nitrogens is 5. The molecule has 0 radical (unpaired) electrons. The van der Waals surface area contributed by atoms with Gasteiger partial charge >= 0.3 is 0 Å². The van der Waals surface area contributed by atoms with Gasteiger partial charge in [-0.3, -0.25) is 4.79 Å². The summed E-state index contributed by atoms with van der Waals surface area (Å²) in [6.45, 7) is 3.23. The molecule has 1 amide bonds. The molecular weight excluding hydrogens is 340 g/mol. The number of aryl methyl sites for hydroxylation is 1. The molecule has 7 heteroatoms. The first-order chi connectivity index (χ1) is 13.2. The van der Waals surface area contributed by atoms with E-state index in [1.807, 2.05) is 64.9 Å². The molecule has 0 spiro atoms. The lowest BCUT2D eigenvalue weighted by molar-refractivity contribution is 0.0785. The average Bonchev–Trinajstić information content (AvgIpc) is 3.34. The van der Waals surface area contributed by atoms with E-state index < -0.39 is 0 Å². The Hall–Kier alpha value is -3.48. The van der Waals surface area contributed by atoms with Crippen LogP contribution in [0.3, 0.4) is 0 Å². The summed E-state index contributed by atoms with van der Waals surface area (Å²) in [5.41, 5.74) is 4.22. The summed E-state index contributed by atoms with van der Waals surface area (Å²) in [7, 11) is 1.79. The van der Waals surface area contributed by atoms with Crippen molar-refractivity contribution in [2.45, 2.75) is 20.0 Å². The summed E-state index contributed by atoms with van der Waals surface area (Å²) in [5.74, 6) is -0.0598. The quantitative estimate of drug-likeness (QED) is 0.549. The highest BCUT2D eigenvalue weighted by Gasteiger charge is 2.15. The molecule has 0 saturated heterocycles. The van der Waals surface area contributed by atoms with E-state index in [1.54, 1.807) is 24.2 Å². The molecule has 2 heterocycles. The fourth-order valence-corrected chi connectivity index (χ4v) is 3.07. The second-order valence-electron chi connectivity index (χ2n) is 6.40. The third-order valence-corrected chi connectivity index (χ3v) is 4.48. The standard InChI is InChI=1S/C20H20N6O/c1-3-25-19-10-9-16(11-18(19)22-23-25)20(27)24(2)13-15-12-21-26(14-15)17-7-5-4-6-8-17/h4-12,14H,3,13H2,1-2H3. The predicted octanol–water partition coefficient (Wildman–Crippen LogP) is 2.91. The maximum atomic E-state index is 12.8. The van der Waals surface area contributed by atoms with Gasteiger partial charge in [0.25, 0.3) is 5.91 Å². The minimum absolute atomic E-state index is 0.0598. The van der Waals surface area contributed by atoms with Crippen LogP contribution in [-0.4, -0.2) is 42.6 Å². The first-order valence-electron chi connectivity index (χ1n) is 8.83. The van der Waals surface area contributed by atoms with Gasteiger partial charge in [0.15, 0.2) is 0 Å². The minimum atomic E-state index is -0.0598. The maximum absolute atomic E-state index is 12.8. The lowest BCUT2D eigenvalue weighted by Crippen LogP contribution is -2.26. The van der Waals surface area contributed by atoms with Crippen molar-refractivity contribution in [1.29, 1.82) is 0 Å². The van der Waals surface area contributed by atoms with Crippen LogP contribution in [0.25, 0.3) is 16.7 Å². The van der Waals surface area contributed by atoms with Gasteiger partial charge in [-0.15, -0.1) is 5.10 Å². The van der Waals surface area contributed by atoms with E-state index in [0.29, 0.717) is 12.1 Å². The minimum Gasteiger partial charge on any atom is -0.337 e. The highest BCUT2D eigenvalue weighted by Crippen LogP contribution is 2.16. The Morgan fingerprint density at radius 1 is 1.15 bits per heavy atom. The van der Waals surface area contributed by atoms with Crippen LogP contribution >= 0.6 is 0 Å². The Morgan fingerprint density at radius 3 is 2.74 bits per heavy atom. The molecule has 4 aromatic rings. The molecule has 2 aromatic heterocycles. The molecule has 27 heavy (non-hydrogen) atoms. The van der Waals surface area contributed by atoms with Crippen molar-refractivity contribution in [3.8, 4) is 5.69 Å². The van der Waals surface area contributed by atoms with Crippen LogP contribution in [-0.2, 0) is 13.1 Å². The van der Waals surface area contributed by atoms with E-state index in [-0.39, 0.29) is 5.91 Å². The van der Waals surface area contributed by atoms with Gasteiger partial charge in [-0.2, -0.15) is 5.10 Å². The van der Waals surface area contributed by atoms with Crippen molar-refractivity contribution in [2.24, 2.45) is 0 Å². The second-order valence-corrected chi connectivity index (χ2v) is 6.40. The third kappa shape index (κ3) is 3.31. The molecule has 0 atom stereocenters. The summed E-state index contributed by atoms with van der Waals surface area (Å²) in [6, 6.07) is 15.4. The molecule has 0 fully saturated rings. The Labute approximate surface area is 156 Å². The molecule has 0 aliphatic rings. The van der Waals surface area contributed by atoms with Crippen LogP contribution in [0.15, 0.2) is 60.9 Å². The largest absolute Gasteiger partial charge is 0.337 e. The first kappa shape index (κ1) is 17.0. The Morgan fingerprint density at radius 2 is 1.96 bits per heavy atom. The van der Waals surface area contributed by atoms with Gasteiger partial charge in [0.1, 0.15) is 5.52 Å². The van der Waals surface area contributed by atoms with Crippen molar-refractivity contribution in [3.05, 3.63) is 72.1 Å². The number of amides is 1. The van der Waals surface area contributed by atoms with Crippen molar-refractivity contribution < 1.29 is 4.79 Å². The molecule has 0 unspecified atom stereocenters. The number of nitrogens with zero attached hydrogens (tertiary/aromatic N) is 6. The zero-order valence-corrected chi connectivity index (χ0v) is 15.3. The van der Waals surface area contributed by atoms with Gasteiger partial charge in [-0.25, -0.2) is 9.36 Å². The highest BCUT2D eigenvalue weighted by atomic mass is 16.2. The van der Waals surface area contributed by atoms with Crippen LogP contribution < -0.4 is 0 Å². The van der Waals surface area contributed by atoms with Crippen molar-refractivity contribution in [2.75, 3.05) is 7.05 Å². The fraction of sp³-hybridized carbons (Fsp3) is 0.200. The Kier molecular flexibility index (Phi) is 4.42. The van der Waals surface area contributed by atoms with Gasteiger partial charge in [0.2, 0.25) is 0 Å². The van der Waals surface area contributed by atoms with E-state index in [2.05, 4.69) is 15.4 Å². The highest BCUT2D eigenvalue weighted by molar-refractivity contribution is 5.97. The second kappa shape index (κ2) is 7.03. The van der Waals surface area contributed by atoms with E-state index in [4.69, 9.17) is 0 Å². The number of carbonyl (C=O) groups excluding carboxylic acids is 1. The van der Waals surface area contributed by atoms with Crippen LogP contribution in [0.4, 0.5) is 0 Å². The zero-order valence-electron chi connectivity index (χ0n) is 15.3. The molecule has 0 N–H and O–H groups in total. The van der Waals surface area contributed by atoms with Gasteiger partial charge in [0, 0.05) is 37.5 Å². The molecule has 4 rings (SSSR count). The Balaban J connectivity index is 1.50. The molecule has 0 saturated carbocycles. The molecule has 0 bridgehead atoms. The van der Waals surface area contributed by atoms with E-state index >= 15 is 0 Å². The summed E-state index contributed by atoms with van der Waals surface area (Å²) < 4.78 is 3.62. The number of carbonyl (C=O) groups is 1. The topological polar surface area (TPSA) is 68.8 Å². The zero-order chi connectivity index (χ0) is 18.8. The molecular formula is C20H20N6O. The van der Waals surface area contributed by atoms with Gasteiger partial charge < -0.3 is 4.90 Å². The van der Waals surface area contributed by atoms with E-state index in [0.717, 1.165) is 28.8 Å². The maximum Gasteiger partial charge on any atom is 0.253 e. The number of rotatable bonds is 5. The monoisotopic (exact) mass is 360 g/mol. The van der Waals surface area contributed by atoms with Crippen molar-refractivity contribution >= 4 is 16.9 Å². The summed E-state index contributed by atoms with van der Waals surface area (Å²) >= 11 is 0. The lowest BCUT2D eigenvalue weighted by Gasteiger charge is -2.16. The summed E-state index contributed by atoms with van der Waals surface area (Å²) in [4.78, 5) is 14.5. The number of fused-ring (bicyclic) bond motifs is 1. The van der Waals surface area contributed by atoms with E-state index in [1.165, 1.54) is 0 Å². The summed E-state index contributed by atoms with van der Waals surface area (Å²) in [5, 5.41) is 12.6. The normalized spacial score (nSPS) is 11.0. The van der Waals surface area contributed by atoms with Crippen LogP contribution in [0.5, 0.6) is 0 Å². The fourth-order valence-electron chi connectivity index (χ4n) is 3.07. The SMILES string of the molecule is CCn1nnc2cc(C(=O)N(C)Cc3cnn(-c4ccccc4)c3)ccc21. The van der Waals surface area contributed by atoms with E-state index in [9.17, 15) is 4.79 Å². The number of hydrogen-bond donors (Lipinski definition) is 0. The van der Waals surface area contributed by atoms with Gasteiger partial charge in [-0.05, 0) is 37.3 Å². The first-order valence-corrected chi connectivity index (χ1v) is 8.83. The molecule has 0 aliphatic carbocycles. The van der Waals surface area contributed by atoms with Crippen LogP contribution in [0.2, 0.25) is 0 Å². The van der Waals surface area contributed by atoms with Crippen molar-refractivity contribution in [1.82, 2.24) is 29.7 Å². The smallest absolute Gasteiger partial charge is 0.253 e. The molecule has 0 aliphatic heterocycles. The number of benzene rings is 2. The third-order valence-electron chi connectivity index (χ3n) is 4.48. The number of para-hydroxylation sites is 1. The van der Waals surface area contributed by atoms with Gasteiger partial charge in [-0.1, -0.05) is 23.4 Å². The summed E-state index contributed by atoms with van der Waals surface area (Å²) in [6.07, 6.45) is 3.72. The number of hydrogen-bond acceptors (Lipinski definition) is 4. The van der Waals surface area contributed by atoms with Crippen LogP contribution in [0.1, 0.15) is 22.8 Å². The van der Waals surface area contributed by atoms with Crippen molar-refractivity contribution in [3.63, 3.8) is 0 Å². The lowest BCUT2D eigenvalue weighted by atomic mass is 10.1. The Bertz CT molecular complexity index is 1080. The average molecular weight is 360 g/mol. The van der Waals surface area contributed by atoms with Crippen LogP contribution in [0, 0.1) is 0 Å². The molecule has 136 valence electrons. The molecule has 2 aromatic carbocycles. The predicted molar refractivity (Wildman–Crippen MR) is 103 cm³/mol. The molecule has 7 nitrogen and oxygen atoms in total.